The van der Waals surface area contributed by atoms with Crippen molar-refractivity contribution in [3.63, 3.8) is 0 Å². The molecule has 1 amide bonds. The van der Waals surface area contributed by atoms with Crippen LogP contribution in [0.25, 0.3) is 22.2 Å². The van der Waals surface area contributed by atoms with Crippen molar-refractivity contribution in [2.45, 2.75) is 57.2 Å². The zero-order chi connectivity index (χ0) is 44.2. The molecule has 13 nitrogen and oxygen atoms in total. The maximum Gasteiger partial charge on any atom is 0.293 e. The number of aromatic nitrogens is 6. The van der Waals surface area contributed by atoms with Crippen molar-refractivity contribution in [2.75, 3.05) is 15.9 Å². The summed E-state index contributed by atoms with van der Waals surface area (Å²) in [5, 5.41) is 11.2. The van der Waals surface area contributed by atoms with Crippen molar-refractivity contribution in [3.05, 3.63) is 111 Å². The lowest BCUT2D eigenvalue weighted by atomic mass is 9.99. The van der Waals surface area contributed by atoms with Gasteiger partial charge in [-0.3, -0.25) is 18.9 Å². The van der Waals surface area contributed by atoms with Crippen molar-refractivity contribution >= 4 is 61.5 Å². The molecule has 0 unspecified atom stereocenters. The molecule has 0 bridgehead atoms. The molecule has 1 aliphatic heterocycles. The van der Waals surface area contributed by atoms with E-state index in [9.17, 15) is 30.8 Å². The number of nitrogens with zero attached hydrogens (tertiary/aromatic N) is 8. The number of rotatable bonds is 11. The molecular weight excluding hydrogens is 869 g/mol. The number of hydrogen-bond acceptors (Lipinski definition) is 9. The highest BCUT2D eigenvalue weighted by Gasteiger charge is 2.67. The first-order valence-electron chi connectivity index (χ1n) is 18.9. The largest absolute Gasteiger partial charge is 0.344 e. The minimum atomic E-state index is -3.87. The highest BCUT2D eigenvalue weighted by Crippen LogP contribution is 2.68. The predicted octanol–water partition coefficient (Wildman–Crippen LogP) is 7.60. The number of carbonyl (C=O) groups is 1. The normalized spacial score (nSPS) is 18.1. The van der Waals surface area contributed by atoms with Gasteiger partial charge in [-0.25, -0.2) is 45.3 Å². The Kier molecular flexibility index (Phi) is 9.84. The minimum absolute atomic E-state index is 0.00000737. The molecule has 2 aliphatic carbocycles. The van der Waals surface area contributed by atoms with E-state index < -0.39 is 81.5 Å². The van der Waals surface area contributed by atoms with Gasteiger partial charge in [-0.15, -0.1) is 0 Å². The molecule has 9 rings (SSSR count). The fourth-order valence-electron chi connectivity index (χ4n) is 8.46. The smallest absolute Gasteiger partial charge is 0.293 e. The Balaban J connectivity index is 1.20. The number of benzene rings is 3. The van der Waals surface area contributed by atoms with Crippen LogP contribution in [0.4, 0.5) is 47.9 Å². The maximum atomic E-state index is 15.5. The van der Waals surface area contributed by atoms with E-state index in [0.717, 1.165) is 24.6 Å². The Morgan fingerprint density at radius 3 is 2.50 bits per heavy atom. The monoisotopic (exact) mass is 900 g/mol. The molecule has 322 valence electrons. The van der Waals surface area contributed by atoms with Crippen LogP contribution in [0.15, 0.2) is 59.7 Å². The van der Waals surface area contributed by atoms with Gasteiger partial charge in [-0.2, -0.15) is 19.0 Å². The molecule has 0 radical (unpaired) electrons. The summed E-state index contributed by atoms with van der Waals surface area (Å²) in [6.07, 6.45) is -1.61. The Hall–Kier alpha value is -6.09. The van der Waals surface area contributed by atoms with Crippen molar-refractivity contribution in [3.8, 4) is 11.3 Å². The Bertz CT molecular complexity index is 2990. The number of amidine groups is 1. The fourth-order valence-corrected chi connectivity index (χ4v) is 9.20. The van der Waals surface area contributed by atoms with Gasteiger partial charge in [-0.05, 0) is 60.7 Å². The molecule has 1 fully saturated rings. The third kappa shape index (κ3) is 7.29. The molecule has 1 saturated carbocycles. The highest BCUT2D eigenvalue weighted by molar-refractivity contribution is 7.92. The minimum Gasteiger partial charge on any atom is -0.344 e. The van der Waals surface area contributed by atoms with E-state index in [1.807, 2.05) is 0 Å². The number of aryl methyl sites for hydroxylation is 2. The number of sulfonamides is 1. The number of carbonyl (C=O) groups excluding carboxylic acids is 1. The molecule has 3 aromatic heterocycles. The zero-order valence-corrected chi connectivity index (χ0v) is 34.1. The van der Waals surface area contributed by atoms with E-state index in [4.69, 9.17) is 16.6 Å². The third-order valence-corrected chi connectivity index (χ3v) is 11.9. The van der Waals surface area contributed by atoms with Crippen LogP contribution in [0, 0.1) is 30.3 Å². The molecule has 4 heterocycles. The molecule has 2 N–H and O–H groups in total. The molecule has 3 aliphatic rings. The SMILES string of the molecule is Cc1ncc(F)c(-c2ccc3c(c2)N=C([C@H](Cc2cc(F)cc(F)c2)NC(=O)Cn2nc(C(F)F)c4c2C(F)(F)[C@@H]2C[C@H]42)N(c2ccc(Cl)c4c(NS(C)(=O)=O)nn(C)c24)C3)n1. The summed E-state index contributed by atoms with van der Waals surface area (Å²) in [4.78, 5) is 28.8. The quantitative estimate of drug-likeness (QED) is 0.126. The van der Waals surface area contributed by atoms with E-state index in [-0.39, 0.29) is 75.3 Å². The van der Waals surface area contributed by atoms with Crippen LogP contribution < -0.4 is 14.9 Å². The van der Waals surface area contributed by atoms with Crippen LogP contribution >= 0.6 is 11.6 Å². The summed E-state index contributed by atoms with van der Waals surface area (Å²) in [7, 11) is -2.34. The molecule has 0 saturated heterocycles. The second kappa shape index (κ2) is 14.8. The van der Waals surface area contributed by atoms with Gasteiger partial charge in [0.05, 0.1) is 52.3 Å². The van der Waals surface area contributed by atoms with Gasteiger partial charge in [-0.1, -0.05) is 23.7 Å². The number of halogens is 8. The van der Waals surface area contributed by atoms with Crippen molar-refractivity contribution in [1.82, 2.24) is 34.8 Å². The van der Waals surface area contributed by atoms with Crippen molar-refractivity contribution in [2.24, 2.45) is 18.0 Å². The summed E-state index contributed by atoms with van der Waals surface area (Å²) < 4.78 is 133. The average Bonchev–Trinajstić information content (AvgIpc) is 3.73. The summed E-state index contributed by atoms with van der Waals surface area (Å²) in [6.45, 7) is 0.599. The Labute approximate surface area is 352 Å². The van der Waals surface area contributed by atoms with Gasteiger partial charge in [0.2, 0.25) is 15.9 Å². The average molecular weight is 901 g/mol. The second-order valence-corrected chi connectivity index (χ2v) is 17.6. The number of anilines is 2. The first-order chi connectivity index (χ1) is 29.3. The van der Waals surface area contributed by atoms with Crippen LogP contribution in [-0.4, -0.2) is 62.0 Å². The van der Waals surface area contributed by atoms with Crippen molar-refractivity contribution in [1.29, 1.82) is 0 Å². The lowest BCUT2D eigenvalue weighted by Crippen LogP contribution is -2.51. The van der Waals surface area contributed by atoms with Crippen LogP contribution in [0.1, 0.15) is 52.7 Å². The van der Waals surface area contributed by atoms with Crippen molar-refractivity contribution < 1.29 is 43.9 Å². The van der Waals surface area contributed by atoms with Gasteiger partial charge in [0, 0.05) is 36.6 Å². The number of fused-ring (bicyclic) bond motifs is 5. The van der Waals surface area contributed by atoms with Gasteiger partial charge in [0.1, 0.15) is 46.9 Å². The first-order valence-corrected chi connectivity index (χ1v) is 21.2. The van der Waals surface area contributed by atoms with E-state index in [1.165, 1.54) is 17.8 Å². The van der Waals surface area contributed by atoms with Crippen LogP contribution in [0.2, 0.25) is 5.02 Å². The summed E-state index contributed by atoms with van der Waals surface area (Å²) in [6, 6.07) is 9.21. The van der Waals surface area contributed by atoms with E-state index in [2.05, 4.69) is 30.2 Å². The number of aliphatic imine (C=N–C) groups is 1. The molecule has 0 spiro atoms. The lowest BCUT2D eigenvalue weighted by molar-refractivity contribution is -0.122. The third-order valence-electron chi connectivity index (χ3n) is 11.0. The molecule has 62 heavy (non-hydrogen) atoms. The highest BCUT2D eigenvalue weighted by atomic mass is 35.5. The van der Waals surface area contributed by atoms with Crippen LogP contribution in [-0.2, 0) is 47.3 Å². The first kappa shape index (κ1) is 41.3. The molecule has 3 aromatic carbocycles. The molecule has 22 heteroatoms. The molecule has 6 aromatic rings. The Morgan fingerprint density at radius 1 is 1.05 bits per heavy atom. The van der Waals surface area contributed by atoms with E-state index >= 15 is 13.2 Å². The summed E-state index contributed by atoms with van der Waals surface area (Å²) in [5.41, 5.74) is -0.176. The number of alkyl halides is 4. The van der Waals surface area contributed by atoms with Crippen LogP contribution in [0.5, 0.6) is 0 Å². The number of amides is 1. The lowest BCUT2D eigenvalue weighted by Gasteiger charge is -2.36. The topological polar surface area (TPSA) is 152 Å². The fraction of sp³-hybridized carbons (Fsp3) is 0.300. The van der Waals surface area contributed by atoms with Gasteiger partial charge >= 0.3 is 0 Å². The number of nitrogens with one attached hydrogen (secondary N) is 2. The standard InChI is InChI=1S/C40H32ClF7N10O3S/c1-17-49-14-26(44)33(50-17)19-4-5-20-15-57(29-7-6-25(41)32-35(29)56(2)54-38(32)55-62(3,60)61)39(52-27(20)11-19)28(10-18-8-21(42)12-22(43)9-18)51-30(59)16-58-36-31(34(53-58)37(45)46)23-13-24(23)40(36,47)48/h4-9,11-12,14,23-24,28,37H,10,13,15-16H2,1-3H3,(H,51,59)(H,54,55)/t23-,24+,28-/m0/s1. The van der Waals surface area contributed by atoms with Gasteiger partial charge in [0.25, 0.3) is 12.3 Å². The summed E-state index contributed by atoms with van der Waals surface area (Å²) in [5.74, 6) is -8.97. The van der Waals surface area contributed by atoms with Gasteiger partial charge in [0.15, 0.2) is 11.6 Å². The summed E-state index contributed by atoms with van der Waals surface area (Å²) >= 11 is 6.66. The number of hydrogen-bond donors (Lipinski definition) is 2. The maximum absolute atomic E-state index is 15.5. The van der Waals surface area contributed by atoms with Gasteiger partial charge < -0.3 is 10.2 Å². The molecule has 3 atom stereocenters. The Morgan fingerprint density at radius 2 is 1.79 bits per heavy atom. The van der Waals surface area contributed by atoms with Crippen LogP contribution in [0.3, 0.4) is 0 Å². The van der Waals surface area contributed by atoms with E-state index in [0.29, 0.717) is 27.6 Å². The van der Waals surface area contributed by atoms with E-state index in [1.54, 1.807) is 36.1 Å². The second-order valence-electron chi connectivity index (χ2n) is 15.4. The zero-order valence-electron chi connectivity index (χ0n) is 32.6. The molecular formula is C40H32ClF7N10O3S. The predicted molar refractivity (Wildman–Crippen MR) is 214 cm³/mol.